The minimum Gasteiger partial charge on any atom is -0.324 e. The number of para-hydroxylation sites is 1. The zero-order valence-electron chi connectivity index (χ0n) is 10.5. The topological polar surface area (TPSA) is 29.1 Å². The van der Waals surface area contributed by atoms with E-state index in [0.717, 1.165) is 15.1 Å². The van der Waals surface area contributed by atoms with Crippen molar-refractivity contribution in [3.05, 3.63) is 58.6 Å². The van der Waals surface area contributed by atoms with Crippen LogP contribution in [0, 0.1) is 6.92 Å². The number of carbonyl (C=O) groups is 1. The van der Waals surface area contributed by atoms with E-state index in [4.69, 9.17) is 0 Å². The van der Waals surface area contributed by atoms with Gasteiger partial charge in [-0.25, -0.2) is 0 Å². The number of halogens is 1. The smallest absolute Gasteiger partial charge is 0.234 e. The first-order valence-corrected chi connectivity index (χ1v) is 7.67. The van der Waals surface area contributed by atoms with Gasteiger partial charge in [0.15, 0.2) is 0 Å². The zero-order valence-corrected chi connectivity index (χ0v) is 12.9. The quantitative estimate of drug-likeness (QED) is 0.834. The fourth-order valence-corrected chi connectivity index (χ4v) is 2.82. The van der Waals surface area contributed by atoms with Crippen molar-refractivity contribution in [2.45, 2.75) is 11.8 Å². The van der Waals surface area contributed by atoms with E-state index in [2.05, 4.69) is 21.2 Å². The van der Waals surface area contributed by atoms with E-state index in [9.17, 15) is 4.79 Å². The molecule has 2 aromatic rings. The lowest BCUT2D eigenvalue weighted by atomic mass is 10.2. The largest absolute Gasteiger partial charge is 0.324 e. The molecule has 4 heteroatoms. The van der Waals surface area contributed by atoms with Crippen molar-refractivity contribution in [3.8, 4) is 0 Å². The first-order chi connectivity index (χ1) is 9.16. The second kappa shape index (κ2) is 6.78. The Morgan fingerprint density at radius 1 is 1.16 bits per heavy atom. The first kappa shape index (κ1) is 14.2. The molecule has 0 unspecified atom stereocenters. The highest BCUT2D eigenvalue weighted by molar-refractivity contribution is 9.10. The van der Waals surface area contributed by atoms with Crippen LogP contribution in [0.4, 0.5) is 5.69 Å². The fraction of sp³-hybridized carbons (Fsp3) is 0.133. The van der Waals surface area contributed by atoms with Crippen LogP contribution < -0.4 is 5.32 Å². The number of nitrogens with one attached hydrogen (secondary N) is 1. The van der Waals surface area contributed by atoms with Crippen molar-refractivity contribution < 1.29 is 4.79 Å². The first-order valence-electron chi connectivity index (χ1n) is 5.89. The molecule has 0 fully saturated rings. The molecule has 0 saturated carbocycles. The maximum atomic E-state index is 11.9. The van der Waals surface area contributed by atoms with Gasteiger partial charge in [-0.3, -0.25) is 4.79 Å². The molecule has 0 bridgehead atoms. The molecule has 19 heavy (non-hydrogen) atoms. The van der Waals surface area contributed by atoms with Crippen LogP contribution in [0.1, 0.15) is 5.56 Å². The number of rotatable bonds is 4. The summed E-state index contributed by atoms with van der Waals surface area (Å²) in [6.07, 6.45) is 0. The predicted molar refractivity (Wildman–Crippen MR) is 84.7 cm³/mol. The van der Waals surface area contributed by atoms with Gasteiger partial charge in [0.25, 0.3) is 0 Å². The number of anilines is 1. The van der Waals surface area contributed by atoms with E-state index in [1.54, 1.807) is 11.8 Å². The molecule has 2 nitrogen and oxygen atoms in total. The van der Waals surface area contributed by atoms with Crippen molar-refractivity contribution in [1.82, 2.24) is 0 Å². The average molecular weight is 336 g/mol. The van der Waals surface area contributed by atoms with Crippen LogP contribution in [-0.4, -0.2) is 11.7 Å². The molecule has 98 valence electrons. The Morgan fingerprint density at radius 2 is 1.84 bits per heavy atom. The number of amides is 1. The van der Waals surface area contributed by atoms with Crippen molar-refractivity contribution in [3.63, 3.8) is 0 Å². The lowest BCUT2D eigenvalue weighted by Gasteiger charge is -2.08. The summed E-state index contributed by atoms with van der Waals surface area (Å²) in [5.74, 6) is 0.409. The van der Waals surface area contributed by atoms with E-state index >= 15 is 0 Å². The van der Waals surface area contributed by atoms with E-state index < -0.39 is 0 Å². The Labute approximate surface area is 125 Å². The Hall–Kier alpha value is -1.26. The summed E-state index contributed by atoms with van der Waals surface area (Å²) in [5.41, 5.74) is 2.00. The number of hydrogen-bond donors (Lipinski definition) is 1. The highest BCUT2D eigenvalue weighted by Gasteiger charge is 2.06. The zero-order chi connectivity index (χ0) is 13.7. The summed E-state index contributed by atoms with van der Waals surface area (Å²) in [5, 5.41) is 2.89. The van der Waals surface area contributed by atoms with Crippen molar-refractivity contribution in [1.29, 1.82) is 0 Å². The summed E-state index contributed by atoms with van der Waals surface area (Å²) < 4.78 is 0.893. The van der Waals surface area contributed by atoms with Crippen LogP contribution in [-0.2, 0) is 4.79 Å². The Kier molecular flexibility index (Phi) is 5.05. The van der Waals surface area contributed by atoms with Crippen LogP contribution in [0.5, 0.6) is 0 Å². The van der Waals surface area contributed by atoms with Gasteiger partial charge in [0.1, 0.15) is 0 Å². The van der Waals surface area contributed by atoms with Gasteiger partial charge < -0.3 is 5.32 Å². The van der Waals surface area contributed by atoms with E-state index in [0.29, 0.717) is 5.75 Å². The normalized spacial score (nSPS) is 10.2. The molecule has 0 aliphatic carbocycles. The molecule has 0 aliphatic rings. The van der Waals surface area contributed by atoms with Gasteiger partial charge in [0, 0.05) is 9.37 Å². The Balaban J connectivity index is 1.92. The highest BCUT2D eigenvalue weighted by atomic mass is 79.9. The second-order valence-corrected chi connectivity index (χ2v) is 5.95. The molecule has 1 N–H and O–H groups in total. The van der Waals surface area contributed by atoms with E-state index in [-0.39, 0.29) is 5.91 Å². The molecule has 1 amide bonds. The van der Waals surface area contributed by atoms with Gasteiger partial charge in [-0.05, 0) is 46.6 Å². The van der Waals surface area contributed by atoms with Gasteiger partial charge in [0.2, 0.25) is 5.91 Å². The van der Waals surface area contributed by atoms with E-state index in [1.165, 1.54) is 5.56 Å². The van der Waals surface area contributed by atoms with Gasteiger partial charge in [-0.2, -0.15) is 0 Å². The SMILES string of the molecule is Cc1ccccc1SCC(=O)Nc1ccccc1Br. The lowest BCUT2D eigenvalue weighted by molar-refractivity contribution is -0.113. The van der Waals surface area contributed by atoms with Crippen molar-refractivity contribution in [2.24, 2.45) is 0 Å². The molecule has 0 aromatic heterocycles. The summed E-state index contributed by atoms with van der Waals surface area (Å²) in [6.45, 7) is 2.05. The fourth-order valence-electron chi connectivity index (χ4n) is 1.61. The maximum Gasteiger partial charge on any atom is 0.234 e. The van der Waals surface area contributed by atoms with Crippen LogP contribution in [0.15, 0.2) is 57.9 Å². The number of aryl methyl sites for hydroxylation is 1. The molecule has 2 aromatic carbocycles. The highest BCUT2D eigenvalue weighted by Crippen LogP contribution is 2.24. The van der Waals surface area contributed by atoms with Gasteiger partial charge in [-0.15, -0.1) is 11.8 Å². The third-order valence-corrected chi connectivity index (χ3v) is 4.47. The van der Waals surface area contributed by atoms with Crippen LogP contribution in [0.2, 0.25) is 0 Å². The third kappa shape index (κ3) is 4.11. The van der Waals surface area contributed by atoms with Gasteiger partial charge in [0.05, 0.1) is 11.4 Å². The standard InChI is InChI=1S/C15H14BrNOS/c1-11-6-2-5-9-14(11)19-10-15(18)17-13-8-4-3-7-12(13)16/h2-9H,10H2,1H3,(H,17,18). The molecule has 0 heterocycles. The minimum atomic E-state index is 0.000142. The van der Waals surface area contributed by atoms with Crippen LogP contribution >= 0.6 is 27.7 Å². The molecule has 2 rings (SSSR count). The second-order valence-electron chi connectivity index (χ2n) is 4.08. The predicted octanol–water partition coefficient (Wildman–Crippen LogP) is 4.49. The van der Waals surface area contributed by atoms with Gasteiger partial charge >= 0.3 is 0 Å². The molecule has 0 atom stereocenters. The molecule has 0 saturated heterocycles. The number of benzene rings is 2. The number of hydrogen-bond acceptors (Lipinski definition) is 2. The van der Waals surface area contributed by atoms with Crippen LogP contribution in [0.3, 0.4) is 0 Å². The Bertz CT molecular complexity index is 586. The third-order valence-electron chi connectivity index (χ3n) is 2.60. The molecular weight excluding hydrogens is 322 g/mol. The van der Waals surface area contributed by atoms with Gasteiger partial charge in [-0.1, -0.05) is 30.3 Å². The minimum absolute atomic E-state index is 0.000142. The molecule has 0 radical (unpaired) electrons. The van der Waals surface area contributed by atoms with Crippen molar-refractivity contribution >= 4 is 39.3 Å². The molecule has 0 aliphatic heterocycles. The average Bonchev–Trinajstić information content (AvgIpc) is 2.40. The summed E-state index contributed by atoms with van der Waals surface area (Å²) in [6, 6.07) is 15.7. The van der Waals surface area contributed by atoms with Crippen molar-refractivity contribution in [2.75, 3.05) is 11.1 Å². The monoisotopic (exact) mass is 335 g/mol. The Morgan fingerprint density at radius 3 is 2.58 bits per heavy atom. The number of carbonyl (C=O) groups excluding carboxylic acids is 1. The molecule has 0 spiro atoms. The molecular formula is C15H14BrNOS. The summed E-state index contributed by atoms with van der Waals surface area (Å²) in [7, 11) is 0. The maximum absolute atomic E-state index is 11.9. The van der Waals surface area contributed by atoms with E-state index in [1.807, 2.05) is 55.5 Å². The number of thioether (sulfide) groups is 1. The summed E-state index contributed by atoms with van der Waals surface area (Å²) in [4.78, 5) is 13.0. The lowest BCUT2D eigenvalue weighted by Crippen LogP contribution is -2.14. The van der Waals surface area contributed by atoms with Crippen LogP contribution in [0.25, 0.3) is 0 Å². The summed E-state index contributed by atoms with van der Waals surface area (Å²) >= 11 is 4.96.